The number of methoxy groups -OCH3 is 1. The van der Waals surface area contributed by atoms with Crippen molar-refractivity contribution in [1.29, 1.82) is 0 Å². The maximum atomic E-state index is 12.6. The van der Waals surface area contributed by atoms with Gasteiger partial charge in [-0.2, -0.15) is 0 Å². The third-order valence-corrected chi connectivity index (χ3v) is 2.21. The number of aromatic nitrogens is 1. The van der Waals surface area contributed by atoms with Gasteiger partial charge in [0.2, 0.25) is 0 Å². The van der Waals surface area contributed by atoms with Crippen LogP contribution in [0.2, 0.25) is 0 Å². The molecule has 1 aromatic heterocycles. The molecule has 0 spiro atoms. The minimum atomic E-state index is -3.00. The van der Waals surface area contributed by atoms with Gasteiger partial charge in [0.05, 0.1) is 18.2 Å². The highest BCUT2D eigenvalue weighted by Gasteiger charge is 2.30. The Kier molecular flexibility index (Phi) is 3.51. The predicted molar refractivity (Wildman–Crippen MR) is 50.1 cm³/mol. The van der Waals surface area contributed by atoms with E-state index in [-0.39, 0.29) is 10.4 Å². The average Bonchev–Trinajstić information content (AvgIpc) is 2.16. The lowest BCUT2D eigenvalue weighted by atomic mass is 10.2. The van der Waals surface area contributed by atoms with E-state index in [2.05, 4.69) is 25.7 Å². The van der Waals surface area contributed by atoms with Crippen LogP contribution in [0.4, 0.5) is 14.5 Å². The monoisotopic (exact) mass is 282 g/mol. The third-order valence-electron chi connectivity index (χ3n) is 1.63. The second kappa shape index (κ2) is 4.47. The average molecular weight is 283 g/mol. The van der Waals surface area contributed by atoms with Gasteiger partial charge in [-0.15, -0.1) is 0 Å². The van der Waals surface area contributed by atoms with E-state index in [1.54, 1.807) is 0 Å². The highest BCUT2D eigenvalue weighted by Crippen LogP contribution is 2.39. The molecule has 0 unspecified atom stereocenters. The molecule has 0 fully saturated rings. The van der Waals surface area contributed by atoms with Crippen molar-refractivity contribution < 1.29 is 18.4 Å². The van der Waals surface area contributed by atoms with Crippen LogP contribution in [-0.2, 0) is 0 Å². The number of nitrogens with zero attached hydrogens (tertiary/aromatic N) is 2. The highest BCUT2D eigenvalue weighted by atomic mass is 79.9. The van der Waals surface area contributed by atoms with Crippen LogP contribution in [0.1, 0.15) is 12.0 Å². The number of pyridine rings is 1. The summed E-state index contributed by atoms with van der Waals surface area (Å²) in [5.74, 6) is -0.306. The molecule has 15 heavy (non-hydrogen) atoms. The summed E-state index contributed by atoms with van der Waals surface area (Å²) in [6, 6.07) is 0. The second-order valence-electron chi connectivity index (χ2n) is 2.44. The fourth-order valence-corrected chi connectivity index (χ4v) is 1.48. The molecule has 82 valence electrons. The van der Waals surface area contributed by atoms with E-state index in [4.69, 9.17) is 0 Å². The molecular formula is C7H5BrF2N2O3. The van der Waals surface area contributed by atoms with Crippen molar-refractivity contribution in [2.75, 3.05) is 7.11 Å². The summed E-state index contributed by atoms with van der Waals surface area (Å²) in [6.45, 7) is 0. The molecule has 1 heterocycles. The van der Waals surface area contributed by atoms with E-state index in [1.165, 1.54) is 0 Å². The summed E-state index contributed by atoms with van der Waals surface area (Å²) in [6.07, 6.45) is -2.00. The van der Waals surface area contributed by atoms with Crippen molar-refractivity contribution in [2.45, 2.75) is 6.43 Å². The van der Waals surface area contributed by atoms with Crippen LogP contribution >= 0.6 is 15.9 Å². The van der Waals surface area contributed by atoms with Crippen molar-refractivity contribution >= 4 is 21.6 Å². The number of hydrogen-bond acceptors (Lipinski definition) is 4. The Labute approximate surface area is 91.3 Å². The number of alkyl halides is 2. The number of nitro groups is 1. The standard InChI is InChI=1S/C7H5BrF2N2O3/c1-15-3-2-11-6(8)5(12(13)14)4(3)7(9)10/h2,7H,1H3. The first-order valence-electron chi connectivity index (χ1n) is 3.64. The lowest BCUT2D eigenvalue weighted by Gasteiger charge is -2.08. The van der Waals surface area contributed by atoms with E-state index < -0.39 is 22.6 Å². The molecule has 1 rings (SSSR count). The van der Waals surface area contributed by atoms with Gasteiger partial charge in [0.25, 0.3) is 6.43 Å². The number of ether oxygens (including phenoxy) is 1. The lowest BCUT2D eigenvalue weighted by Crippen LogP contribution is -2.02. The van der Waals surface area contributed by atoms with Crippen molar-refractivity contribution in [2.24, 2.45) is 0 Å². The van der Waals surface area contributed by atoms with E-state index >= 15 is 0 Å². The third kappa shape index (κ3) is 2.20. The first-order chi connectivity index (χ1) is 6.99. The zero-order valence-electron chi connectivity index (χ0n) is 7.41. The summed E-state index contributed by atoms with van der Waals surface area (Å²) in [7, 11) is 1.14. The number of hydrogen-bond donors (Lipinski definition) is 0. The lowest BCUT2D eigenvalue weighted by molar-refractivity contribution is -0.387. The molecule has 8 heteroatoms. The van der Waals surface area contributed by atoms with Gasteiger partial charge < -0.3 is 4.74 Å². The Morgan fingerprint density at radius 1 is 1.67 bits per heavy atom. The van der Waals surface area contributed by atoms with Gasteiger partial charge >= 0.3 is 5.69 Å². The topological polar surface area (TPSA) is 65.3 Å². The van der Waals surface area contributed by atoms with Crippen molar-refractivity contribution in [1.82, 2.24) is 4.98 Å². The van der Waals surface area contributed by atoms with E-state index in [9.17, 15) is 18.9 Å². The summed E-state index contributed by atoms with van der Waals surface area (Å²) >= 11 is 2.74. The summed E-state index contributed by atoms with van der Waals surface area (Å²) in [4.78, 5) is 13.2. The molecule has 0 N–H and O–H groups in total. The Hall–Kier alpha value is -1.31. The summed E-state index contributed by atoms with van der Waals surface area (Å²) < 4.78 is 29.5. The molecule has 0 radical (unpaired) electrons. The smallest absolute Gasteiger partial charge is 0.314 e. The number of rotatable bonds is 3. The molecular weight excluding hydrogens is 278 g/mol. The van der Waals surface area contributed by atoms with E-state index in [1.807, 2.05) is 0 Å². The highest BCUT2D eigenvalue weighted by molar-refractivity contribution is 9.10. The van der Waals surface area contributed by atoms with E-state index in [0.717, 1.165) is 13.3 Å². The van der Waals surface area contributed by atoms with Crippen LogP contribution in [0.3, 0.4) is 0 Å². The van der Waals surface area contributed by atoms with Crippen molar-refractivity contribution in [3.8, 4) is 5.75 Å². The van der Waals surface area contributed by atoms with Crippen LogP contribution in [0, 0.1) is 10.1 Å². The first-order valence-corrected chi connectivity index (χ1v) is 4.43. The minimum Gasteiger partial charge on any atom is -0.494 e. The molecule has 0 atom stereocenters. The molecule has 1 aromatic rings. The van der Waals surface area contributed by atoms with Crippen LogP contribution < -0.4 is 4.74 Å². The largest absolute Gasteiger partial charge is 0.494 e. The van der Waals surface area contributed by atoms with E-state index in [0.29, 0.717) is 0 Å². The van der Waals surface area contributed by atoms with Crippen LogP contribution in [-0.4, -0.2) is 17.0 Å². The molecule has 0 saturated carbocycles. The van der Waals surface area contributed by atoms with Crippen LogP contribution in [0.25, 0.3) is 0 Å². The quantitative estimate of drug-likeness (QED) is 0.486. The van der Waals surface area contributed by atoms with Crippen LogP contribution in [0.15, 0.2) is 10.8 Å². The second-order valence-corrected chi connectivity index (χ2v) is 3.19. The van der Waals surface area contributed by atoms with Gasteiger partial charge in [0.15, 0.2) is 10.4 Å². The van der Waals surface area contributed by atoms with Gasteiger partial charge in [-0.05, 0) is 15.9 Å². The number of halogens is 3. The molecule has 0 aliphatic carbocycles. The van der Waals surface area contributed by atoms with Gasteiger partial charge in [-0.25, -0.2) is 13.8 Å². The summed E-state index contributed by atoms with van der Waals surface area (Å²) in [5, 5.41) is 10.6. The van der Waals surface area contributed by atoms with Gasteiger partial charge in [-0.1, -0.05) is 0 Å². The van der Waals surface area contributed by atoms with Crippen LogP contribution in [0.5, 0.6) is 5.75 Å². The Morgan fingerprint density at radius 2 is 2.27 bits per heavy atom. The Balaban J connectivity index is 3.51. The van der Waals surface area contributed by atoms with Gasteiger partial charge in [0.1, 0.15) is 5.56 Å². The van der Waals surface area contributed by atoms with Crippen molar-refractivity contribution in [3.05, 3.63) is 26.5 Å². The Morgan fingerprint density at radius 3 is 2.67 bits per heavy atom. The fourth-order valence-electron chi connectivity index (χ4n) is 1.02. The zero-order chi connectivity index (χ0) is 11.6. The SMILES string of the molecule is COc1cnc(Br)c([N+](=O)[O-])c1C(F)F. The maximum absolute atomic E-state index is 12.6. The Bertz CT molecular complexity index is 400. The molecule has 0 bridgehead atoms. The minimum absolute atomic E-state index is 0.247. The molecule has 0 aromatic carbocycles. The first kappa shape index (κ1) is 11.8. The molecule has 0 saturated heterocycles. The van der Waals surface area contributed by atoms with Gasteiger partial charge in [0, 0.05) is 0 Å². The fraction of sp³-hybridized carbons (Fsp3) is 0.286. The molecule has 0 amide bonds. The zero-order valence-corrected chi connectivity index (χ0v) is 8.99. The van der Waals surface area contributed by atoms with Crippen molar-refractivity contribution in [3.63, 3.8) is 0 Å². The summed E-state index contributed by atoms with van der Waals surface area (Å²) in [5.41, 5.74) is -1.55. The normalized spacial score (nSPS) is 10.5. The predicted octanol–water partition coefficient (Wildman–Crippen LogP) is 2.70. The molecule has 0 aliphatic rings. The van der Waals surface area contributed by atoms with Gasteiger partial charge in [-0.3, -0.25) is 10.1 Å². The molecule has 0 aliphatic heterocycles. The molecule has 5 nitrogen and oxygen atoms in total. The maximum Gasteiger partial charge on any atom is 0.314 e.